The fourth-order valence-corrected chi connectivity index (χ4v) is 7.47. The van der Waals surface area contributed by atoms with Gasteiger partial charge < -0.3 is 40.9 Å². The highest BCUT2D eigenvalue weighted by atomic mass is 35.5. The molecule has 2 aromatic carbocycles. The molecule has 0 atom stereocenters. The molecule has 0 saturated carbocycles. The van der Waals surface area contributed by atoms with Gasteiger partial charge in [0.1, 0.15) is 46.0 Å². The maximum Gasteiger partial charge on any atom is 0.302 e. The zero-order valence-electron chi connectivity index (χ0n) is 39.3. The number of anilines is 1. The number of nitrogens with two attached hydrogens (primary N) is 1. The van der Waals surface area contributed by atoms with Crippen molar-refractivity contribution in [3.63, 3.8) is 0 Å². The Balaban J connectivity index is 1.73. The number of nitrogens with zero attached hydrogens (tertiary/aromatic N) is 5. The molecule has 0 aliphatic carbocycles. The number of hydrogen-bond acceptors (Lipinski definition) is 13. The fraction of sp³-hybridized carbons (Fsp3) is 0.396. The highest BCUT2D eigenvalue weighted by molar-refractivity contribution is 6.44. The van der Waals surface area contributed by atoms with Gasteiger partial charge in [0.25, 0.3) is 11.8 Å². The molecule has 0 radical (unpaired) electrons. The lowest BCUT2D eigenvalue weighted by Gasteiger charge is -2.33. The van der Waals surface area contributed by atoms with Gasteiger partial charge in [0, 0.05) is 73.5 Å². The summed E-state index contributed by atoms with van der Waals surface area (Å²) in [5.74, 6) is -1.61. The number of halogens is 2. The van der Waals surface area contributed by atoms with Gasteiger partial charge in [-0.1, -0.05) is 44.5 Å². The normalized spacial score (nSPS) is 12.6. The van der Waals surface area contributed by atoms with E-state index in [4.69, 9.17) is 37.0 Å². The fourth-order valence-electron chi connectivity index (χ4n) is 7.35. The van der Waals surface area contributed by atoms with E-state index in [1.54, 1.807) is 48.5 Å². The summed E-state index contributed by atoms with van der Waals surface area (Å²) in [5.41, 5.74) is 6.05. The molecule has 0 fully saturated rings. The molecule has 0 aliphatic heterocycles. The SMILES string of the molecule is CNC(=O)C(C=C(N)c1cccc(NC(=O)c2c(C=N)cc(C(C)(C)C)c(CN(C)CC(C)(C)Oc3ccc(Cl)nc3)c2F)c1COC(C)=O)=Nc1ccc(OC(C)(C)CN(C)C)cn1. The van der Waals surface area contributed by atoms with Crippen LogP contribution in [-0.2, 0) is 32.9 Å². The predicted molar refractivity (Wildman–Crippen MR) is 254 cm³/mol. The first-order valence-corrected chi connectivity index (χ1v) is 21.2. The number of carbonyl (C=O) groups is 3. The van der Waals surface area contributed by atoms with Crippen molar-refractivity contribution >= 4 is 58.5 Å². The van der Waals surface area contributed by atoms with E-state index in [1.807, 2.05) is 79.4 Å². The lowest BCUT2D eigenvalue weighted by molar-refractivity contribution is -0.142. The van der Waals surface area contributed by atoms with E-state index >= 15 is 4.39 Å². The summed E-state index contributed by atoms with van der Waals surface area (Å²) in [6.07, 6.45) is 5.32. The first-order valence-electron chi connectivity index (χ1n) is 20.8. The first kappa shape index (κ1) is 51.4. The van der Waals surface area contributed by atoms with E-state index in [-0.39, 0.29) is 63.9 Å². The molecule has 0 spiro atoms. The highest BCUT2D eigenvalue weighted by Gasteiger charge is 2.31. The first-order chi connectivity index (χ1) is 30.3. The third-order valence-electron chi connectivity index (χ3n) is 9.72. The lowest BCUT2D eigenvalue weighted by Crippen LogP contribution is -2.41. The monoisotopic (exact) mass is 913 g/mol. The number of hydrogen-bond donors (Lipinski definition) is 4. The summed E-state index contributed by atoms with van der Waals surface area (Å²) >= 11 is 5.96. The van der Waals surface area contributed by atoms with Crippen molar-refractivity contribution in [1.29, 1.82) is 5.41 Å². The molecule has 0 aliphatic rings. The van der Waals surface area contributed by atoms with Gasteiger partial charge in [-0.05, 0) is 102 Å². The molecule has 348 valence electrons. The van der Waals surface area contributed by atoms with Crippen molar-refractivity contribution in [3.8, 4) is 11.5 Å². The van der Waals surface area contributed by atoms with Gasteiger partial charge in [-0.25, -0.2) is 19.4 Å². The molecule has 2 heterocycles. The second kappa shape index (κ2) is 21.6. The van der Waals surface area contributed by atoms with Crippen LogP contribution >= 0.6 is 11.6 Å². The van der Waals surface area contributed by atoms with Crippen molar-refractivity contribution < 1.29 is 33.0 Å². The minimum Gasteiger partial charge on any atom is -0.485 e. The van der Waals surface area contributed by atoms with Gasteiger partial charge in [0.15, 0.2) is 5.82 Å². The molecule has 2 aromatic heterocycles. The van der Waals surface area contributed by atoms with E-state index in [0.717, 1.165) is 6.21 Å². The number of ether oxygens (including phenoxy) is 3. The van der Waals surface area contributed by atoms with Gasteiger partial charge in [0.2, 0.25) is 0 Å². The second-order valence-electron chi connectivity index (χ2n) is 18.1. The summed E-state index contributed by atoms with van der Waals surface area (Å²) in [7, 11) is 7.17. The Morgan fingerprint density at radius 1 is 0.923 bits per heavy atom. The maximum absolute atomic E-state index is 17.2. The standard InChI is InChI=1S/C48H61ClFN9O6/c1-29(60)63-26-35-33(37(52)21-39(44(61)53-9)56-41-19-17-32(24-55-41)64-47(5,6)27-58(10)11)14-13-15-38(35)57-45(62)42-30(22-51)20-36(46(2,3)4)34(43(42)50)25-59(12)28-48(7,8)65-31-16-18-40(49)54-23-31/h13-24,51H,25-28,52H2,1-12H3,(H,53,61)(H,57,62). The molecule has 15 nitrogen and oxygen atoms in total. The van der Waals surface area contributed by atoms with Crippen LogP contribution in [-0.4, -0.2) is 102 Å². The Labute approximate surface area is 386 Å². The maximum atomic E-state index is 17.2. The Morgan fingerprint density at radius 2 is 1.55 bits per heavy atom. The Kier molecular flexibility index (Phi) is 17.1. The molecular formula is C48H61ClFN9O6. The number of amides is 2. The second-order valence-corrected chi connectivity index (χ2v) is 18.5. The van der Waals surface area contributed by atoms with Crippen LogP contribution in [0.2, 0.25) is 5.15 Å². The summed E-state index contributed by atoms with van der Waals surface area (Å²) in [6, 6.07) is 13.1. The molecule has 0 saturated heterocycles. The Hall–Kier alpha value is -6.23. The zero-order chi connectivity index (χ0) is 48.4. The molecule has 4 rings (SSSR count). The Morgan fingerprint density at radius 3 is 2.09 bits per heavy atom. The van der Waals surface area contributed by atoms with Crippen molar-refractivity contribution in [1.82, 2.24) is 25.1 Å². The van der Waals surface area contributed by atoms with E-state index in [9.17, 15) is 14.4 Å². The molecule has 5 N–H and O–H groups in total. The van der Waals surface area contributed by atoms with Gasteiger partial charge >= 0.3 is 5.97 Å². The smallest absolute Gasteiger partial charge is 0.302 e. The molecule has 17 heteroatoms. The van der Waals surface area contributed by atoms with E-state index in [2.05, 4.69) is 25.6 Å². The number of carbonyl (C=O) groups excluding carboxylic acids is 3. The van der Waals surface area contributed by atoms with Gasteiger partial charge in [0.05, 0.1) is 18.0 Å². The predicted octanol–water partition coefficient (Wildman–Crippen LogP) is 7.71. The van der Waals surface area contributed by atoms with Crippen molar-refractivity contribution in [2.45, 2.75) is 85.2 Å². The van der Waals surface area contributed by atoms with Crippen LogP contribution in [0.3, 0.4) is 0 Å². The van der Waals surface area contributed by atoms with Crippen LogP contribution in [0.4, 0.5) is 15.9 Å². The number of pyridine rings is 2. The average Bonchev–Trinajstić information content (AvgIpc) is 3.20. The summed E-state index contributed by atoms with van der Waals surface area (Å²) < 4.78 is 34.9. The van der Waals surface area contributed by atoms with Gasteiger partial charge in [-0.2, -0.15) is 0 Å². The summed E-state index contributed by atoms with van der Waals surface area (Å²) in [5, 5.41) is 13.9. The average molecular weight is 915 g/mol. The van der Waals surface area contributed by atoms with Crippen LogP contribution in [0.25, 0.3) is 5.70 Å². The highest BCUT2D eigenvalue weighted by Crippen LogP contribution is 2.34. The summed E-state index contributed by atoms with van der Waals surface area (Å²) in [6.45, 7) is 15.5. The van der Waals surface area contributed by atoms with Crippen LogP contribution in [0, 0.1) is 11.2 Å². The van der Waals surface area contributed by atoms with E-state index in [1.165, 1.54) is 32.4 Å². The molecule has 65 heavy (non-hydrogen) atoms. The van der Waals surface area contributed by atoms with E-state index < -0.39 is 40.2 Å². The number of benzene rings is 2. The lowest BCUT2D eigenvalue weighted by atomic mass is 9.81. The van der Waals surface area contributed by atoms with Crippen LogP contribution < -0.4 is 25.8 Å². The number of nitrogens with one attached hydrogen (secondary N) is 3. The number of aliphatic imine (C=N–C) groups is 1. The number of esters is 1. The molecule has 2 amide bonds. The van der Waals surface area contributed by atoms with Gasteiger partial charge in [-0.15, -0.1) is 0 Å². The third kappa shape index (κ3) is 14.6. The summed E-state index contributed by atoms with van der Waals surface area (Å²) in [4.78, 5) is 56.4. The largest absolute Gasteiger partial charge is 0.485 e. The molecule has 0 unspecified atom stereocenters. The van der Waals surface area contributed by atoms with Crippen LogP contribution in [0.5, 0.6) is 11.5 Å². The van der Waals surface area contributed by atoms with Crippen LogP contribution in [0.15, 0.2) is 72.0 Å². The number of aromatic nitrogens is 2. The van der Waals surface area contributed by atoms with Gasteiger partial charge in [-0.3, -0.25) is 19.3 Å². The number of likely N-dealkylation sites (N-methyl/N-ethyl adjacent to an activating group) is 2. The van der Waals surface area contributed by atoms with Crippen LogP contribution in [0.1, 0.15) is 93.6 Å². The molecule has 0 bridgehead atoms. The van der Waals surface area contributed by atoms with E-state index in [0.29, 0.717) is 35.3 Å². The Bertz CT molecular complexity index is 2430. The number of rotatable bonds is 19. The zero-order valence-corrected chi connectivity index (χ0v) is 40.0. The third-order valence-corrected chi connectivity index (χ3v) is 9.94. The van der Waals surface area contributed by atoms with Crippen molar-refractivity contribution in [2.75, 3.05) is 46.6 Å². The molecule has 4 aromatic rings. The quantitative estimate of drug-likeness (QED) is 0.0409. The topological polar surface area (TPSA) is 197 Å². The minimum atomic E-state index is -0.857. The molecular weight excluding hydrogens is 853 g/mol. The minimum absolute atomic E-state index is 0.0291. The van der Waals surface area contributed by atoms with Crippen molar-refractivity contribution in [3.05, 3.63) is 111 Å². The van der Waals surface area contributed by atoms with Crippen molar-refractivity contribution in [2.24, 2.45) is 10.7 Å².